The number of sulfonamides is 1. The van der Waals surface area contributed by atoms with E-state index in [2.05, 4.69) is 15.5 Å². The fourth-order valence-electron chi connectivity index (χ4n) is 3.20. The Kier molecular flexibility index (Phi) is 5.81. The normalized spacial score (nSPS) is 16.2. The quantitative estimate of drug-likeness (QED) is 0.617. The Labute approximate surface area is 176 Å². The van der Waals surface area contributed by atoms with Crippen molar-refractivity contribution in [3.8, 4) is 11.4 Å². The Bertz CT molecular complexity index is 1080. The van der Waals surface area contributed by atoms with Gasteiger partial charge in [0.05, 0.1) is 6.54 Å². The SMILES string of the molecule is Cc1nc(-c2csc(S(=O)(=O)N3CCC(C(=O)NCc4cccs4)CC3)c2)no1. The minimum atomic E-state index is -3.60. The third-order valence-corrected chi connectivity index (χ3v) is 8.99. The van der Waals surface area contributed by atoms with Crippen molar-refractivity contribution in [1.29, 1.82) is 0 Å². The molecule has 1 saturated heterocycles. The van der Waals surface area contributed by atoms with Crippen molar-refractivity contribution in [2.45, 2.75) is 30.5 Å². The zero-order valence-corrected chi connectivity index (χ0v) is 18.1. The van der Waals surface area contributed by atoms with Crippen LogP contribution in [0.1, 0.15) is 23.6 Å². The first-order valence-electron chi connectivity index (χ1n) is 9.13. The maximum atomic E-state index is 13.0. The number of aromatic nitrogens is 2. The smallest absolute Gasteiger partial charge is 0.252 e. The monoisotopic (exact) mass is 452 g/mol. The molecule has 0 saturated carbocycles. The van der Waals surface area contributed by atoms with Gasteiger partial charge in [-0.2, -0.15) is 9.29 Å². The van der Waals surface area contributed by atoms with Crippen LogP contribution in [0.3, 0.4) is 0 Å². The summed E-state index contributed by atoms with van der Waals surface area (Å²) in [4.78, 5) is 17.6. The first-order chi connectivity index (χ1) is 13.9. The summed E-state index contributed by atoms with van der Waals surface area (Å²) in [5.41, 5.74) is 0.619. The molecular weight excluding hydrogens is 432 g/mol. The molecule has 1 N–H and O–H groups in total. The zero-order valence-electron chi connectivity index (χ0n) is 15.7. The lowest BCUT2D eigenvalue weighted by Gasteiger charge is -2.30. The molecule has 8 nitrogen and oxygen atoms in total. The van der Waals surface area contributed by atoms with Crippen LogP contribution in [0, 0.1) is 12.8 Å². The summed E-state index contributed by atoms with van der Waals surface area (Å²) in [6.45, 7) is 2.85. The van der Waals surface area contributed by atoms with Crippen LogP contribution in [-0.2, 0) is 21.4 Å². The minimum Gasteiger partial charge on any atom is -0.351 e. The van der Waals surface area contributed by atoms with Crippen molar-refractivity contribution in [2.24, 2.45) is 5.92 Å². The second-order valence-corrected chi connectivity index (χ2v) is 10.9. The molecule has 0 radical (unpaired) electrons. The third kappa shape index (κ3) is 4.42. The summed E-state index contributed by atoms with van der Waals surface area (Å²) in [5, 5.41) is 10.5. The second-order valence-electron chi connectivity index (χ2n) is 6.77. The van der Waals surface area contributed by atoms with Crippen LogP contribution in [0.2, 0.25) is 0 Å². The molecule has 0 aliphatic carbocycles. The lowest BCUT2D eigenvalue weighted by Crippen LogP contribution is -2.42. The summed E-state index contributed by atoms with van der Waals surface area (Å²) >= 11 is 2.74. The zero-order chi connectivity index (χ0) is 20.4. The van der Waals surface area contributed by atoms with Gasteiger partial charge < -0.3 is 9.84 Å². The predicted octanol–water partition coefficient (Wildman–Crippen LogP) is 2.89. The summed E-state index contributed by atoms with van der Waals surface area (Å²) in [7, 11) is -3.60. The van der Waals surface area contributed by atoms with Gasteiger partial charge in [-0.25, -0.2) is 8.42 Å². The Morgan fingerprint density at radius 3 is 2.79 bits per heavy atom. The van der Waals surface area contributed by atoms with Crippen LogP contribution in [0.15, 0.2) is 37.7 Å². The fourth-order valence-corrected chi connectivity index (χ4v) is 6.63. The van der Waals surface area contributed by atoms with E-state index in [0.29, 0.717) is 49.8 Å². The van der Waals surface area contributed by atoms with Crippen LogP contribution >= 0.6 is 22.7 Å². The average Bonchev–Trinajstić information content (AvgIpc) is 3.47. The number of nitrogens with one attached hydrogen (secondary N) is 1. The van der Waals surface area contributed by atoms with Crippen molar-refractivity contribution < 1.29 is 17.7 Å². The van der Waals surface area contributed by atoms with Crippen LogP contribution in [0.4, 0.5) is 0 Å². The molecule has 11 heteroatoms. The van der Waals surface area contributed by atoms with Gasteiger partial charge in [0, 0.05) is 41.8 Å². The van der Waals surface area contributed by atoms with Gasteiger partial charge >= 0.3 is 0 Å². The molecule has 0 aromatic carbocycles. The van der Waals surface area contributed by atoms with E-state index in [0.717, 1.165) is 16.2 Å². The number of hydrogen-bond acceptors (Lipinski definition) is 8. The summed E-state index contributed by atoms with van der Waals surface area (Å²) in [6, 6.07) is 5.50. The van der Waals surface area contributed by atoms with Crippen molar-refractivity contribution >= 4 is 38.6 Å². The largest absolute Gasteiger partial charge is 0.351 e. The molecule has 154 valence electrons. The van der Waals surface area contributed by atoms with E-state index < -0.39 is 10.0 Å². The second kappa shape index (κ2) is 8.34. The number of nitrogens with zero attached hydrogens (tertiary/aromatic N) is 3. The maximum Gasteiger partial charge on any atom is 0.252 e. The van der Waals surface area contributed by atoms with E-state index in [4.69, 9.17) is 4.52 Å². The molecule has 0 unspecified atom stereocenters. The molecule has 3 aromatic rings. The molecule has 1 amide bonds. The number of aryl methyl sites for hydroxylation is 1. The number of amides is 1. The molecule has 3 aromatic heterocycles. The van der Waals surface area contributed by atoms with Gasteiger partial charge in [0.1, 0.15) is 4.21 Å². The first kappa shape index (κ1) is 20.2. The van der Waals surface area contributed by atoms with Crippen LogP contribution < -0.4 is 5.32 Å². The number of piperidine rings is 1. The molecule has 1 fully saturated rings. The highest BCUT2D eigenvalue weighted by Gasteiger charge is 2.33. The molecule has 0 bridgehead atoms. The molecule has 1 aliphatic rings. The van der Waals surface area contributed by atoms with Gasteiger partial charge in [0.25, 0.3) is 10.0 Å². The average molecular weight is 453 g/mol. The fraction of sp³-hybridized carbons (Fsp3) is 0.389. The predicted molar refractivity (Wildman–Crippen MR) is 110 cm³/mol. The van der Waals surface area contributed by atoms with Crippen molar-refractivity contribution in [1.82, 2.24) is 19.8 Å². The Morgan fingerprint density at radius 2 is 2.14 bits per heavy atom. The lowest BCUT2D eigenvalue weighted by atomic mass is 9.97. The molecular formula is C18H20N4O4S3. The first-order valence-corrected chi connectivity index (χ1v) is 12.3. The molecule has 29 heavy (non-hydrogen) atoms. The summed E-state index contributed by atoms with van der Waals surface area (Å²) in [6.07, 6.45) is 1.02. The van der Waals surface area contributed by atoms with E-state index in [9.17, 15) is 13.2 Å². The van der Waals surface area contributed by atoms with Crippen LogP contribution in [0.5, 0.6) is 0 Å². The minimum absolute atomic E-state index is 0.0127. The number of carbonyl (C=O) groups is 1. The Balaban J connectivity index is 1.36. The standard InChI is InChI=1S/C18H20N4O4S3/c1-12-20-17(21-26-12)14-9-16(28-11-14)29(24,25)22-6-4-13(5-7-22)18(23)19-10-15-3-2-8-27-15/h2-3,8-9,11,13H,4-7,10H2,1H3,(H,19,23). The molecule has 1 aliphatic heterocycles. The highest BCUT2D eigenvalue weighted by molar-refractivity contribution is 7.91. The summed E-state index contributed by atoms with van der Waals surface area (Å²) < 4.78 is 32.6. The van der Waals surface area contributed by atoms with Gasteiger partial charge in [-0.05, 0) is 30.4 Å². The summed E-state index contributed by atoms with van der Waals surface area (Å²) in [5.74, 6) is 0.625. The van der Waals surface area contributed by atoms with Gasteiger partial charge in [0.2, 0.25) is 17.6 Å². The number of thiophene rings is 2. The molecule has 4 heterocycles. The topological polar surface area (TPSA) is 105 Å². The number of carbonyl (C=O) groups excluding carboxylic acids is 1. The van der Waals surface area contributed by atoms with Crippen LogP contribution in [0.25, 0.3) is 11.4 Å². The van der Waals surface area contributed by atoms with E-state index in [1.807, 2.05) is 17.5 Å². The van der Waals surface area contributed by atoms with Gasteiger partial charge in [-0.3, -0.25) is 4.79 Å². The van der Waals surface area contributed by atoms with Crippen molar-refractivity contribution in [3.05, 3.63) is 39.7 Å². The van der Waals surface area contributed by atoms with E-state index in [-0.39, 0.29) is 16.0 Å². The molecule has 4 rings (SSSR count). The van der Waals surface area contributed by atoms with E-state index in [1.165, 1.54) is 4.31 Å². The number of rotatable bonds is 6. The lowest BCUT2D eigenvalue weighted by molar-refractivity contribution is -0.126. The van der Waals surface area contributed by atoms with Gasteiger partial charge in [-0.15, -0.1) is 22.7 Å². The van der Waals surface area contributed by atoms with E-state index >= 15 is 0 Å². The van der Waals surface area contributed by atoms with Crippen LogP contribution in [-0.4, -0.2) is 41.9 Å². The Hall–Kier alpha value is -2.08. The van der Waals surface area contributed by atoms with Gasteiger partial charge in [-0.1, -0.05) is 11.2 Å². The van der Waals surface area contributed by atoms with Gasteiger partial charge in [0.15, 0.2) is 0 Å². The third-order valence-electron chi connectivity index (χ3n) is 4.80. The Morgan fingerprint density at radius 1 is 1.34 bits per heavy atom. The highest BCUT2D eigenvalue weighted by Crippen LogP contribution is 2.31. The highest BCUT2D eigenvalue weighted by atomic mass is 32.2. The van der Waals surface area contributed by atoms with E-state index in [1.54, 1.807) is 29.7 Å². The van der Waals surface area contributed by atoms with Crippen molar-refractivity contribution in [3.63, 3.8) is 0 Å². The number of hydrogen-bond donors (Lipinski definition) is 1. The molecule has 0 atom stereocenters. The van der Waals surface area contributed by atoms with Crippen molar-refractivity contribution in [2.75, 3.05) is 13.1 Å². The maximum absolute atomic E-state index is 13.0. The molecule has 0 spiro atoms.